The first kappa shape index (κ1) is 14.2. The van der Waals surface area contributed by atoms with Crippen molar-refractivity contribution in [2.45, 2.75) is 12.8 Å². The van der Waals surface area contributed by atoms with Crippen LogP contribution in [-0.4, -0.2) is 61.6 Å². The van der Waals surface area contributed by atoms with E-state index in [1.165, 1.54) is 17.6 Å². The largest absolute Gasteiger partial charge is 0.465 e. The monoisotopic (exact) mass is 304 g/mol. The molecule has 0 unspecified atom stereocenters. The number of amides is 2. The Morgan fingerprint density at radius 3 is 2.82 bits per heavy atom. The molecule has 0 saturated carbocycles. The maximum atomic E-state index is 12.2. The zero-order chi connectivity index (χ0) is 15.5. The van der Waals surface area contributed by atoms with Crippen LogP contribution in [0.2, 0.25) is 0 Å². The van der Waals surface area contributed by atoms with Crippen molar-refractivity contribution < 1.29 is 14.7 Å². The van der Waals surface area contributed by atoms with Gasteiger partial charge >= 0.3 is 6.09 Å². The van der Waals surface area contributed by atoms with E-state index >= 15 is 0 Å². The first-order chi connectivity index (χ1) is 10.6. The molecule has 3 N–H and O–H groups in total. The number of aromatic nitrogens is 4. The molecule has 0 atom stereocenters. The zero-order valence-electron chi connectivity index (χ0n) is 11.8. The van der Waals surface area contributed by atoms with Crippen LogP contribution in [0, 0.1) is 5.92 Å². The summed E-state index contributed by atoms with van der Waals surface area (Å²) in [7, 11) is 0. The van der Waals surface area contributed by atoms with Crippen molar-refractivity contribution in [3.05, 3.63) is 18.3 Å². The van der Waals surface area contributed by atoms with Crippen LogP contribution in [0.4, 0.5) is 4.79 Å². The number of aromatic amines is 1. The lowest BCUT2D eigenvalue weighted by atomic mass is 9.97. The Hall–Kier alpha value is -2.71. The molecule has 9 nitrogen and oxygen atoms in total. The number of carboxylic acid groups (broad SMARTS) is 1. The predicted octanol–water partition coefficient (Wildman–Crippen LogP) is 0.473. The van der Waals surface area contributed by atoms with Gasteiger partial charge in [0.15, 0.2) is 11.3 Å². The highest BCUT2D eigenvalue weighted by atomic mass is 16.4. The van der Waals surface area contributed by atoms with Crippen LogP contribution in [-0.2, 0) is 0 Å². The highest BCUT2D eigenvalue weighted by molar-refractivity contribution is 6.01. The molecule has 22 heavy (non-hydrogen) atoms. The van der Waals surface area contributed by atoms with Gasteiger partial charge in [0, 0.05) is 19.6 Å². The maximum Gasteiger partial charge on any atom is 0.407 e. The van der Waals surface area contributed by atoms with E-state index in [4.69, 9.17) is 5.11 Å². The summed E-state index contributed by atoms with van der Waals surface area (Å²) in [6.07, 6.45) is 3.39. The fourth-order valence-corrected chi connectivity index (χ4v) is 2.59. The van der Waals surface area contributed by atoms with E-state index in [1.807, 2.05) is 0 Å². The molecule has 2 aromatic heterocycles. The van der Waals surface area contributed by atoms with Gasteiger partial charge in [-0.25, -0.2) is 19.7 Å². The molecule has 116 valence electrons. The minimum absolute atomic E-state index is 0.269. The van der Waals surface area contributed by atoms with Crippen molar-refractivity contribution in [1.29, 1.82) is 0 Å². The van der Waals surface area contributed by atoms with Crippen LogP contribution in [0.5, 0.6) is 0 Å². The van der Waals surface area contributed by atoms with E-state index in [-0.39, 0.29) is 17.5 Å². The number of fused-ring (bicyclic) bond motifs is 1. The van der Waals surface area contributed by atoms with Gasteiger partial charge < -0.3 is 20.3 Å². The minimum atomic E-state index is -0.884. The van der Waals surface area contributed by atoms with E-state index < -0.39 is 6.09 Å². The lowest BCUT2D eigenvalue weighted by molar-refractivity contribution is 0.0925. The first-order valence-corrected chi connectivity index (χ1v) is 7.05. The number of nitrogens with one attached hydrogen (secondary N) is 2. The van der Waals surface area contributed by atoms with Crippen molar-refractivity contribution in [1.82, 2.24) is 30.2 Å². The van der Waals surface area contributed by atoms with Crippen molar-refractivity contribution >= 4 is 23.2 Å². The van der Waals surface area contributed by atoms with E-state index in [2.05, 4.69) is 25.3 Å². The summed E-state index contributed by atoms with van der Waals surface area (Å²) in [5, 5.41) is 11.8. The second kappa shape index (κ2) is 5.96. The van der Waals surface area contributed by atoms with Crippen molar-refractivity contribution in [3.63, 3.8) is 0 Å². The molecule has 2 amide bonds. The van der Waals surface area contributed by atoms with Gasteiger partial charge in [-0.15, -0.1) is 0 Å². The number of carbonyl (C=O) groups excluding carboxylic acids is 1. The van der Waals surface area contributed by atoms with Gasteiger partial charge in [-0.3, -0.25) is 4.79 Å². The number of H-pyrrole nitrogens is 1. The Kier molecular flexibility index (Phi) is 3.86. The molecule has 0 aliphatic carbocycles. The van der Waals surface area contributed by atoms with Gasteiger partial charge in [0.1, 0.15) is 11.8 Å². The molecule has 3 heterocycles. The number of rotatable bonds is 3. The van der Waals surface area contributed by atoms with Gasteiger partial charge in [-0.05, 0) is 18.8 Å². The normalized spacial score (nSPS) is 15.9. The molecule has 2 aromatic rings. The van der Waals surface area contributed by atoms with Crippen LogP contribution in [0.1, 0.15) is 23.3 Å². The lowest BCUT2D eigenvalue weighted by Gasteiger charge is -2.29. The van der Waals surface area contributed by atoms with Crippen molar-refractivity contribution in [2.75, 3.05) is 19.6 Å². The molecule has 1 saturated heterocycles. The molecule has 0 aromatic carbocycles. The summed E-state index contributed by atoms with van der Waals surface area (Å²) in [5.74, 6) is -0.00374. The second-order valence-electron chi connectivity index (χ2n) is 5.25. The molecular formula is C13H16N6O3. The summed E-state index contributed by atoms with van der Waals surface area (Å²) >= 11 is 0. The number of carbonyl (C=O) groups is 2. The third kappa shape index (κ3) is 2.83. The van der Waals surface area contributed by atoms with Crippen LogP contribution in [0.25, 0.3) is 11.2 Å². The fraction of sp³-hybridized carbons (Fsp3) is 0.462. The van der Waals surface area contributed by atoms with Crippen molar-refractivity contribution in [3.8, 4) is 0 Å². The molecule has 0 bridgehead atoms. The van der Waals surface area contributed by atoms with E-state index in [0.29, 0.717) is 30.8 Å². The number of imidazole rings is 1. The lowest BCUT2D eigenvalue weighted by Crippen LogP contribution is -2.41. The molecule has 1 aliphatic heterocycles. The number of nitrogens with zero attached hydrogens (tertiary/aromatic N) is 4. The average molecular weight is 304 g/mol. The van der Waals surface area contributed by atoms with E-state index in [1.54, 1.807) is 0 Å². The maximum absolute atomic E-state index is 12.2. The standard InChI is InChI=1S/C13H16N6O3/c20-12(10-9-11(17-6-15-9)18-7-16-10)14-5-8-1-3-19(4-2-8)13(21)22/h6-8H,1-5H2,(H,14,20)(H,21,22)(H,15,16,17,18). The third-order valence-electron chi connectivity index (χ3n) is 3.87. The van der Waals surface area contributed by atoms with Gasteiger partial charge in [0.05, 0.1) is 6.33 Å². The fourth-order valence-electron chi connectivity index (χ4n) is 2.59. The summed E-state index contributed by atoms with van der Waals surface area (Å²) in [6, 6.07) is 0. The Morgan fingerprint density at radius 2 is 2.09 bits per heavy atom. The molecule has 1 fully saturated rings. The third-order valence-corrected chi connectivity index (χ3v) is 3.87. The first-order valence-electron chi connectivity index (χ1n) is 7.05. The van der Waals surface area contributed by atoms with Crippen LogP contribution >= 0.6 is 0 Å². The summed E-state index contributed by atoms with van der Waals surface area (Å²) < 4.78 is 0. The Morgan fingerprint density at radius 1 is 1.32 bits per heavy atom. The highest BCUT2D eigenvalue weighted by Crippen LogP contribution is 2.16. The zero-order valence-corrected chi connectivity index (χ0v) is 11.8. The molecule has 3 rings (SSSR count). The molecule has 1 aliphatic rings. The minimum Gasteiger partial charge on any atom is -0.465 e. The predicted molar refractivity (Wildman–Crippen MR) is 76.3 cm³/mol. The average Bonchev–Trinajstić information content (AvgIpc) is 3.01. The smallest absolute Gasteiger partial charge is 0.407 e. The summed E-state index contributed by atoms with van der Waals surface area (Å²) in [5.41, 5.74) is 1.24. The number of piperidine rings is 1. The molecule has 9 heteroatoms. The van der Waals surface area contributed by atoms with E-state index in [0.717, 1.165) is 12.8 Å². The quantitative estimate of drug-likeness (QED) is 0.757. The molecular weight excluding hydrogens is 288 g/mol. The molecule has 0 radical (unpaired) electrons. The second-order valence-corrected chi connectivity index (χ2v) is 5.25. The Balaban J connectivity index is 1.57. The Labute approximate surface area is 125 Å². The summed E-state index contributed by atoms with van der Waals surface area (Å²) in [4.78, 5) is 39.3. The SMILES string of the molecule is O=C(NCC1CCN(C(=O)O)CC1)c1ncnc2nc[nH]c12. The van der Waals surface area contributed by atoms with Gasteiger partial charge in [0.25, 0.3) is 5.91 Å². The Bertz CT molecular complexity index is 692. The van der Waals surface area contributed by atoms with Crippen LogP contribution < -0.4 is 5.32 Å². The van der Waals surface area contributed by atoms with Crippen LogP contribution in [0.3, 0.4) is 0 Å². The van der Waals surface area contributed by atoms with Gasteiger partial charge in [-0.2, -0.15) is 0 Å². The van der Waals surface area contributed by atoms with Gasteiger partial charge in [0.2, 0.25) is 0 Å². The van der Waals surface area contributed by atoms with Gasteiger partial charge in [-0.1, -0.05) is 0 Å². The summed E-state index contributed by atoms with van der Waals surface area (Å²) in [6.45, 7) is 1.52. The molecule has 0 spiro atoms. The van der Waals surface area contributed by atoms with E-state index in [9.17, 15) is 9.59 Å². The number of hydrogen-bond donors (Lipinski definition) is 3. The van der Waals surface area contributed by atoms with Crippen LogP contribution in [0.15, 0.2) is 12.7 Å². The van der Waals surface area contributed by atoms with Crippen molar-refractivity contribution in [2.24, 2.45) is 5.92 Å². The highest BCUT2D eigenvalue weighted by Gasteiger charge is 2.23. The number of hydrogen-bond acceptors (Lipinski definition) is 5. The number of likely N-dealkylation sites (tertiary alicyclic amines) is 1. The topological polar surface area (TPSA) is 124 Å².